The summed E-state index contributed by atoms with van der Waals surface area (Å²) < 4.78 is 53.3. The molecule has 1 aliphatic rings. The van der Waals surface area contributed by atoms with Crippen molar-refractivity contribution in [2.24, 2.45) is 5.92 Å². The van der Waals surface area contributed by atoms with Gasteiger partial charge >= 0.3 is 0 Å². The maximum Gasteiger partial charge on any atom is 0.280 e. The zero-order valence-corrected chi connectivity index (χ0v) is 24.7. The van der Waals surface area contributed by atoms with Crippen LogP contribution in [-0.4, -0.2) is 54.6 Å². The molecule has 12 heteroatoms. The van der Waals surface area contributed by atoms with Crippen LogP contribution < -0.4 is 29.6 Å². The van der Waals surface area contributed by atoms with Crippen molar-refractivity contribution >= 4 is 22.5 Å². The SMILES string of the molecule is COc1cc2c(Oc3c(F)cccc3NC(=O)c3nn(-c4ccc(F)cc4)cc3OC)ccnc2cc1OCC1CCNCC1. The molecule has 10 nitrogen and oxygen atoms in total. The van der Waals surface area contributed by atoms with Gasteiger partial charge < -0.3 is 29.6 Å². The van der Waals surface area contributed by atoms with Crippen molar-refractivity contribution in [2.75, 3.05) is 39.2 Å². The van der Waals surface area contributed by atoms with E-state index in [0.29, 0.717) is 46.4 Å². The van der Waals surface area contributed by atoms with Crippen LogP contribution in [0.25, 0.3) is 16.6 Å². The number of fused-ring (bicyclic) bond motifs is 1. The highest BCUT2D eigenvalue weighted by Gasteiger charge is 2.23. The highest BCUT2D eigenvalue weighted by Crippen LogP contribution is 2.40. The molecular formula is C33H31F2N5O5. The van der Waals surface area contributed by atoms with Crippen molar-refractivity contribution in [3.63, 3.8) is 0 Å². The summed E-state index contributed by atoms with van der Waals surface area (Å²) in [6.07, 6.45) is 5.12. The van der Waals surface area contributed by atoms with E-state index < -0.39 is 17.5 Å². The van der Waals surface area contributed by atoms with Gasteiger partial charge in [0, 0.05) is 17.6 Å². The zero-order valence-electron chi connectivity index (χ0n) is 24.7. The number of rotatable bonds is 10. The lowest BCUT2D eigenvalue weighted by Crippen LogP contribution is -2.30. The average Bonchev–Trinajstić information content (AvgIpc) is 3.50. The summed E-state index contributed by atoms with van der Waals surface area (Å²) >= 11 is 0. The number of nitrogens with one attached hydrogen (secondary N) is 2. The van der Waals surface area contributed by atoms with E-state index in [2.05, 4.69) is 20.7 Å². The van der Waals surface area contributed by atoms with Crippen molar-refractivity contribution in [3.8, 4) is 34.4 Å². The lowest BCUT2D eigenvalue weighted by atomic mass is 9.99. The Kier molecular flexibility index (Phi) is 8.74. The molecule has 0 saturated carbocycles. The smallest absolute Gasteiger partial charge is 0.280 e. The van der Waals surface area contributed by atoms with Gasteiger partial charge in [-0.15, -0.1) is 0 Å². The van der Waals surface area contributed by atoms with Crippen LogP contribution in [0, 0.1) is 17.6 Å². The second-order valence-electron chi connectivity index (χ2n) is 10.5. The van der Waals surface area contributed by atoms with Gasteiger partial charge in [-0.05, 0) is 80.4 Å². The normalized spacial score (nSPS) is 13.4. The monoisotopic (exact) mass is 615 g/mol. The number of piperidine rings is 1. The summed E-state index contributed by atoms with van der Waals surface area (Å²) in [4.78, 5) is 17.8. The fourth-order valence-corrected chi connectivity index (χ4v) is 5.14. The van der Waals surface area contributed by atoms with Gasteiger partial charge in [0.25, 0.3) is 5.91 Å². The van der Waals surface area contributed by atoms with Gasteiger partial charge in [-0.3, -0.25) is 9.78 Å². The van der Waals surface area contributed by atoms with Crippen LogP contribution in [0.4, 0.5) is 14.5 Å². The van der Waals surface area contributed by atoms with E-state index in [4.69, 9.17) is 18.9 Å². The summed E-state index contributed by atoms with van der Waals surface area (Å²) in [6.45, 7) is 2.50. The molecule has 1 aliphatic heterocycles. The molecule has 0 radical (unpaired) electrons. The summed E-state index contributed by atoms with van der Waals surface area (Å²) in [6, 6.07) is 14.9. The molecule has 1 amide bonds. The molecule has 45 heavy (non-hydrogen) atoms. The van der Waals surface area contributed by atoms with Crippen molar-refractivity contribution < 1.29 is 32.5 Å². The maximum atomic E-state index is 15.3. The lowest BCUT2D eigenvalue weighted by molar-refractivity contribution is 0.101. The largest absolute Gasteiger partial charge is 0.493 e. The summed E-state index contributed by atoms with van der Waals surface area (Å²) in [5.74, 6) is -0.0305. The van der Waals surface area contributed by atoms with E-state index in [0.717, 1.165) is 25.9 Å². The first-order chi connectivity index (χ1) is 21.9. The van der Waals surface area contributed by atoms with Crippen LogP contribution in [0.2, 0.25) is 0 Å². The quantitative estimate of drug-likeness (QED) is 0.193. The van der Waals surface area contributed by atoms with Crippen LogP contribution in [0.3, 0.4) is 0 Å². The number of hydrogen-bond donors (Lipinski definition) is 2. The molecule has 6 rings (SSSR count). The molecule has 0 unspecified atom stereocenters. The molecule has 0 atom stereocenters. The molecule has 3 heterocycles. The van der Waals surface area contributed by atoms with Gasteiger partial charge in [-0.2, -0.15) is 5.10 Å². The second-order valence-corrected chi connectivity index (χ2v) is 10.5. The Balaban J connectivity index is 1.27. The van der Waals surface area contributed by atoms with Gasteiger partial charge in [0.05, 0.1) is 43.9 Å². The number of halogens is 2. The fourth-order valence-electron chi connectivity index (χ4n) is 5.14. The van der Waals surface area contributed by atoms with Gasteiger partial charge in [0.1, 0.15) is 11.6 Å². The van der Waals surface area contributed by atoms with E-state index in [1.54, 1.807) is 31.5 Å². The molecule has 2 aromatic heterocycles. The fraction of sp³-hybridized carbons (Fsp3) is 0.242. The number of aromatic nitrogens is 3. The van der Waals surface area contributed by atoms with Crippen molar-refractivity contribution in [1.29, 1.82) is 0 Å². The second kappa shape index (κ2) is 13.2. The zero-order chi connectivity index (χ0) is 31.3. The standard InChI is InChI=1S/C33H31F2N5O5/c1-42-28-16-23-26(17-29(28)44-19-20-10-13-36-14-11-20)37-15-12-27(23)45-32-24(35)4-3-5-25(32)38-33(41)31-30(43-2)18-40(39-31)22-8-6-21(34)7-9-22/h3-9,12,15-18,20,36H,10-11,13-14,19H2,1-2H3,(H,38,41). The number of amides is 1. The third-order valence-electron chi connectivity index (χ3n) is 7.55. The number of methoxy groups -OCH3 is 2. The number of carbonyl (C=O) groups excluding carboxylic acids is 1. The number of para-hydroxylation sites is 1. The Morgan fingerprint density at radius 2 is 1.76 bits per heavy atom. The Morgan fingerprint density at radius 3 is 2.51 bits per heavy atom. The van der Waals surface area contributed by atoms with Gasteiger partial charge in [0.2, 0.25) is 0 Å². The third kappa shape index (κ3) is 6.50. The van der Waals surface area contributed by atoms with Gasteiger partial charge in [-0.25, -0.2) is 13.5 Å². The minimum absolute atomic E-state index is 0.0619. The minimum atomic E-state index is -0.699. The molecule has 2 N–H and O–H groups in total. The predicted octanol–water partition coefficient (Wildman–Crippen LogP) is 6.14. The molecule has 232 valence electrons. The molecule has 0 aliphatic carbocycles. The van der Waals surface area contributed by atoms with Crippen molar-refractivity contribution in [2.45, 2.75) is 12.8 Å². The number of carbonyl (C=O) groups is 1. The first-order valence-electron chi connectivity index (χ1n) is 14.4. The van der Waals surface area contributed by atoms with E-state index in [9.17, 15) is 9.18 Å². The van der Waals surface area contributed by atoms with Crippen molar-refractivity contribution in [1.82, 2.24) is 20.1 Å². The van der Waals surface area contributed by atoms with Crippen LogP contribution in [0.15, 0.2) is 73.1 Å². The highest BCUT2D eigenvalue weighted by atomic mass is 19.1. The number of benzene rings is 3. The Bertz CT molecular complexity index is 1820. The minimum Gasteiger partial charge on any atom is -0.493 e. The van der Waals surface area contributed by atoms with Crippen molar-refractivity contribution in [3.05, 3.63) is 90.4 Å². The predicted molar refractivity (Wildman–Crippen MR) is 164 cm³/mol. The lowest BCUT2D eigenvalue weighted by Gasteiger charge is -2.23. The highest BCUT2D eigenvalue weighted by molar-refractivity contribution is 6.05. The molecule has 5 aromatic rings. The first-order valence-corrected chi connectivity index (χ1v) is 14.4. The van der Waals surface area contributed by atoms with E-state index in [-0.39, 0.29) is 22.9 Å². The Hall–Kier alpha value is -5.23. The van der Waals surface area contributed by atoms with E-state index in [1.165, 1.54) is 60.5 Å². The van der Waals surface area contributed by atoms with Gasteiger partial charge in [0.15, 0.2) is 34.5 Å². The van der Waals surface area contributed by atoms with Crippen LogP contribution >= 0.6 is 0 Å². The van der Waals surface area contributed by atoms with E-state index >= 15 is 4.39 Å². The Morgan fingerprint density at radius 1 is 0.978 bits per heavy atom. The number of anilines is 1. The van der Waals surface area contributed by atoms with Gasteiger partial charge in [-0.1, -0.05) is 6.07 Å². The summed E-state index contributed by atoms with van der Waals surface area (Å²) in [7, 11) is 2.94. The third-order valence-corrected chi connectivity index (χ3v) is 7.55. The summed E-state index contributed by atoms with van der Waals surface area (Å²) in [5, 5.41) is 10.9. The molecule has 0 bridgehead atoms. The number of pyridine rings is 1. The average molecular weight is 616 g/mol. The van der Waals surface area contributed by atoms with Crippen LogP contribution in [-0.2, 0) is 0 Å². The first kappa shape index (κ1) is 29.8. The number of ether oxygens (including phenoxy) is 4. The van der Waals surface area contributed by atoms with E-state index in [1.807, 2.05) is 0 Å². The topological polar surface area (TPSA) is 109 Å². The molecule has 1 saturated heterocycles. The van der Waals surface area contributed by atoms with Crippen LogP contribution in [0.1, 0.15) is 23.3 Å². The Labute approximate surface area is 257 Å². The molecule has 1 fully saturated rings. The molecule has 0 spiro atoms. The summed E-state index contributed by atoms with van der Waals surface area (Å²) in [5.41, 5.74) is 1.08. The van der Waals surface area contributed by atoms with Crippen LogP contribution in [0.5, 0.6) is 28.7 Å². The molecular weight excluding hydrogens is 584 g/mol. The maximum absolute atomic E-state index is 15.3. The number of nitrogens with zero attached hydrogens (tertiary/aromatic N) is 3. The molecule has 3 aromatic carbocycles. The number of hydrogen-bond acceptors (Lipinski definition) is 8.